The van der Waals surface area contributed by atoms with Crippen LogP contribution in [0.2, 0.25) is 0 Å². The van der Waals surface area contributed by atoms with E-state index in [0.717, 1.165) is 50.5 Å². The van der Waals surface area contributed by atoms with Crippen LogP contribution in [-0.2, 0) is 84.5 Å². The normalized spacial score (nSPS) is 18.5. The van der Waals surface area contributed by atoms with E-state index in [1.165, 1.54) is 19.1 Å². The van der Waals surface area contributed by atoms with Gasteiger partial charge in [0.2, 0.25) is 23.6 Å². The van der Waals surface area contributed by atoms with Gasteiger partial charge in [0.1, 0.15) is 36.9 Å². The zero-order chi connectivity index (χ0) is 63.7. The smallest absolute Gasteiger partial charge is 0.410 e. The number of anilines is 1. The van der Waals surface area contributed by atoms with Crippen molar-refractivity contribution in [3.05, 3.63) is 117 Å². The molecule has 0 bridgehead atoms. The van der Waals surface area contributed by atoms with Gasteiger partial charge in [-0.3, -0.25) is 53.1 Å². The van der Waals surface area contributed by atoms with Gasteiger partial charge in [-0.1, -0.05) is 69.7 Å². The summed E-state index contributed by atoms with van der Waals surface area (Å²) in [6.07, 6.45) is 4.67. The van der Waals surface area contributed by atoms with Crippen LogP contribution in [0.25, 0.3) is 33.1 Å². The summed E-state index contributed by atoms with van der Waals surface area (Å²) in [6.45, 7) is 14.0. The Kier molecular flexibility index (Phi) is 18.3. The van der Waals surface area contributed by atoms with Gasteiger partial charge in [-0.15, -0.1) is 0 Å². The fraction of sp³-hybridized carbons (Fsp3) is 0.470. The number of nitrogens with zero attached hydrogens (tertiary/aromatic N) is 5. The van der Waals surface area contributed by atoms with Gasteiger partial charge < -0.3 is 45.2 Å². The van der Waals surface area contributed by atoms with Crippen molar-refractivity contribution >= 4 is 80.8 Å². The highest BCUT2D eigenvalue weighted by molar-refractivity contribution is 6.13. The van der Waals surface area contributed by atoms with E-state index in [1.54, 1.807) is 76.4 Å². The van der Waals surface area contributed by atoms with Gasteiger partial charge >= 0.3 is 18.0 Å². The lowest BCUT2D eigenvalue weighted by Crippen LogP contribution is -2.57. The lowest BCUT2D eigenvalue weighted by molar-refractivity contribution is -0.172. The Hall–Kier alpha value is -8.83. The summed E-state index contributed by atoms with van der Waals surface area (Å²) < 4.78 is 18.3. The van der Waals surface area contributed by atoms with E-state index in [0.29, 0.717) is 68.1 Å². The molecule has 2 fully saturated rings. The molecule has 1 aliphatic carbocycles. The van der Waals surface area contributed by atoms with Gasteiger partial charge in [0.25, 0.3) is 17.4 Å². The molecule has 6 heterocycles. The van der Waals surface area contributed by atoms with E-state index in [2.05, 4.69) is 38.3 Å². The molecule has 10 rings (SSSR count). The average molecular weight is 1220 g/mol. The van der Waals surface area contributed by atoms with Gasteiger partial charge in [-0.05, 0) is 118 Å². The van der Waals surface area contributed by atoms with Crippen LogP contribution < -0.4 is 26.8 Å². The number of imide groups is 1. The number of nitrogens with one attached hydrogen (secondary N) is 4. The quantitative estimate of drug-likeness (QED) is 0.0174. The van der Waals surface area contributed by atoms with Crippen LogP contribution in [0, 0.1) is 5.92 Å². The van der Waals surface area contributed by atoms with Crippen LogP contribution in [0.15, 0.2) is 83.7 Å². The van der Waals surface area contributed by atoms with Crippen LogP contribution in [0.5, 0.6) is 0 Å². The number of carbonyl (C=O) groups is 9. The average Bonchev–Trinajstić information content (AvgIpc) is 1.66. The molecule has 2 aromatic heterocycles. The van der Waals surface area contributed by atoms with E-state index < -0.39 is 82.4 Å². The number of ether oxygens (including phenoxy) is 3. The van der Waals surface area contributed by atoms with Crippen molar-refractivity contribution in [2.24, 2.45) is 5.92 Å². The largest absolute Gasteiger partial charge is 0.460 e. The number of rotatable bonds is 22. The number of aromatic nitrogens is 2. The van der Waals surface area contributed by atoms with Crippen molar-refractivity contribution < 1.29 is 62.5 Å². The molecule has 0 radical (unpaired) electrons. The summed E-state index contributed by atoms with van der Waals surface area (Å²) in [5.74, 6) is -5.00. The number of amides is 7. The molecule has 1 saturated carbocycles. The zero-order valence-corrected chi connectivity index (χ0v) is 51.3. The number of hydrogen-bond acceptors (Lipinski definition) is 16. The van der Waals surface area contributed by atoms with Crippen LogP contribution in [0.3, 0.4) is 0 Å². The maximum Gasteiger partial charge on any atom is 0.410 e. The van der Waals surface area contributed by atoms with Gasteiger partial charge in [-0.2, -0.15) is 0 Å². The molecule has 5 aromatic rings. The number of carbonyl (C=O) groups excluding carboxylic acids is 9. The molecule has 1 saturated heterocycles. The first-order valence-electron chi connectivity index (χ1n) is 30.6. The summed E-state index contributed by atoms with van der Waals surface area (Å²) in [5, 5.41) is 25.5. The molecular formula is C66H77N9O14. The van der Waals surface area contributed by atoms with E-state index >= 15 is 0 Å². The topological polar surface area (TPSA) is 294 Å². The molecule has 470 valence electrons. The maximum absolute atomic E-state index is 14.2. The van der Waals surface area contributed by atoms with E-state index in [9.17, 15) is 53.1 Å². The van der Waals surface area contributed by atoms with E-state index in [1.807, 2.05) is 29.2 Å². The molecule has 1 spiro atoms. The minimum atomic E-state index is -1.96. The highest BCUT2D eigenvalue weighted by atomic mass is 16.6. The Morgan fingerprint density at radius 1 is 0.820 bits per heavy atom. The molecule has 23 heteroatoms. The monoisotopic (exact) mass is 1220 g/mol. The van der Waals surface area contributed by atoms with Crippen molar-refractivity contribution in [3.63, 3.8) is 0 Å². The molecule has 4 atom stereocenters. The minimum absolute atomic E-state index is 0.0202. The third-order valence-corrected chi connectivity index (χ3v) is 17.3. The van der Waals surface area contributed by atoms with Crippen LogP contribution >= 0.6 is 0 Å². The number of fused-ring (bicyclic) bond motifs is 7. The number of aliphatic hydroxyl groups is 1. The van der Waals surface area contributed by atoms with Gasteiger partial charge in [0, 0.05) is 79.9 Å². The summed E-state index contributed by atoms with van der Waals surface area (Å²) in [7, 11) is 0. The Morgan fingerprint density at radius 3 is 2.25 bits per heavy atom. The summed E-state index contributed by atoms with van der Waals surface area (Å²) in [5.41, 5.74) is 1.89. The highest BCUT2D eigenvalue weighted by Crippen LogP contribution is 2.47. The number of piperazine rings is 1. The van der Waals surface area contributed by atoms with Crippen molar-refractivity contribution in [2.45, 2.75) is 167 Å². The van der Waals surface area contributed by atoms with E-state index in [4.69, 9.17) is 19.2 Å². The SMILES string of the molecule is CC[C@@]1(O)C(=O)OCc2c1cc1n(c2=O)Cc2c-1nc1ccc3ccccc3c1c2CN1CCN(C(=O)OCc2ccc(NC(=O)[C@H](C)NC(=O)[C@@H](NC(=O)[C@H](CCC(=O)OC(C)(C)C)NC(=O)CCCCCN3C(=O)C=CC3=O)C(C)C)cc2)C2(CC2)C1. The summed E-state index contributed by atoms with van der Waals surface area (Å²) in [4.78, 5) is 142. The summed E-state index contributed by atoms with van der Waals surface area (Å²) in [6, 6.07) is 17.2. The van der Waals surface area contributed by atoms with Crippen LogP contribution in [0.4, 0.5) is 10.5 Å². The van der Waals surface area contributed by atoms with Gasteiger partial charge in [0.05, 0.1) is 34.6 Å². The van der Waals surface area contributed by atoms with E-state index in [-0.39, 0.29) is 80.5 Å². The third-order valence-electron chi connectivity index (χ3n) is 17.3. The van der Waals surface area contributed by atoms with Gasteiger partial charge in [-0.25, -0.2) is 14.6 Å². The maximum atomic E-state index is 14.2. The Morgan fingerprint density at radius 2 is 1.55 bits per heavy atom. The molecule has 5 aliphatic rings. The fourth-order valence-corrected chi connectivity index (χ4v) is 12.3. The number of pyridine rings is 2. The number of benzene rings is 3. The first-order chi connectivity index (χ1) is 42.4. The second-order valence-corrected chi connectivity index (χ2v) is 25.2. The Bertz CT molecular complexity index is 3750. The van der Waals surface area contributed by atoms with Crippen molar-refractivity contribution in [1.82, 2.24) is 40.2 Å². The molecule has 3 aromatic carbocycles. The molecule has 7 amide bonds. The van der Waals surface area contributed by atoms with Crippen molar-refractivity contribution in [2.75, 3.05) is 31.5 Å². The van der Waals surface area contributed by atoms with Gasteiger partial charge in [0.15, 0.2) is 5.60 Å². The van der Waals surface area contributed by atoms with Crippen LogP contribution in [-0.4, -0.2) is 138 Å². The number of unbranched alkanes of at least 4 members (excludes halogenated alkanes) is 2. The van der Waals surface area contributed by atoms with Crippen molar-refractivity contribution in [1.29, 1.82) is 0 Å². The molecule has 5 N–H and O–H groups in total. The summed E-state index contributed by atoms with van der Waals surface area (Å²) >= 11 is 0. The number of hydrogen-bond donors (Lipinski definition) is 5. The predicted octanol–water partition coefficient (Wildman–Crippen LogP) is 5.90. The van der Waals surface area contributed by atoms with Crippen molar-refractivity contribution in [3.8, 4) is 11.4 Å². The molecule has 0 unspecified atom stereocenters. The lowest BCUT2D eigenvalue weighted by atomic mass is 9.86. The first-order valence-corrected chi connectivity index (χ1v) is 30.6. The number of cyclic esters (lactones) is 1. The second-order valence-electron chi connectivity index (χ2n) is 25.2. The second kappa shape index (κ2) is 25.7. The molecular weight excluding hydrogens is 1140 g/mol. The minimum Gasteiger partial charge on any atom is -0.460 e. The number of esters is 2. The van der Waals surface area contributed by atoms with Crippen LogP contribution in [0.1, 0.15) is 134 Å². The molecule has 23 nitrogen and oxygen atoms in total. The molecule has 4 aliphatic heterocycles. The fourth-order valence-electron chi connectivity index (χ4n) is 12.3. The Labute approximate surface area is 514 Å². The highest BCUT2D eigenvalue weighted by Gasteiger charge is 2.54. The molecule has 89 heavy (non-hydrogen) atoms. The third kappa shape index (κ3) is 13.6. The first kappa shape index (κ1) is 63.2. The predicted molar refractivity (Wildman–Crippen MR) is 327 cm³/mol. The standard InChI is InChI=1S/C66H77N9O14/c1-8-66(86)47-32-50-57-45(34-74(50)61(83)46(47)36-87-62(66)84)44(55-43-15-12-11-14-41(43)19-22-48(55)70-57)33-72-30-31-75(65(37-72)27-28-65)63(85)88-35-40-17-20-42(21-18-40)68-58(80)39(4)67-60(82)56(38(2)3)71-59(81)49(23-26-54(79)89-64(5,6)7)69-51(76)16-10-9-13-29-73-52(77)24-25-53(73)78/h11-12,14-15,17-22,24-25,32,38-39,49,56,86H,8-10,13,16,23,26-31,33-37H2,1-7H3,(H,67,82)(H,68,80)(H,69,76)(H,71,81)/t39-,49-,56-,66-/m0/s1. The zero-order valence-electron chi connectivity index (χ0n) is 51.3. The Balaban J connectivity index is 0.727. The lowest BCUT2D eigenvalue weighted by Gasteiger charge is -2.41.